The van der Waals surface area contributed by atoms with E-state index in [0.717, 1.165) is 5.56 Å². The zero-order chi connectivity index (χ0) is 32.3. The number of hydrogen-bond acceptors (Lipinski definition) is 9. The van der Waals surface area contributed by atoms with Gasteiger partial charge in [-0.25, -0.2) is 18.4 Å². The second kappa shape index (κ2) is 12.8. The zero-order valence-corrected chi connectivity index (χ0v) is 26.0. The summed E-state index contributed by atoms with van der Waals surface area (Å²) in [5.74, 6) is 0.620. The fourth-order valence-corrected chi connectivity index (χ4v) is 6.25. The van der Waals surface area contributed by atoms with E-state index in [4.69, 9.17) is 4.52 Å². The summed E-state index contributed by atoms with van der Waals surface area (Å²) in [7, 11) is -3.69. The summed E-state index contributed by atoms with van der Waals surface area (Å²) in [6.07, 6.45) is 1.63. The number of sulfonamides is 1. The van der Waals surface area contributed by atoms with Crippen LogP contribution in [0.4, 0.5) is 17.3 Å². The molecule has 0 spiro atoms. The molecular formula is C33H31N7O5S. The van der Waals surface area contributed by atoms with Crippen molar-refractivity contribution in [1.82, 2.24) is 24.9 Å². The minimum absolute atomic E-state index is 0.108. The molecule has 0 unspecified atom stereocenters. The van der Waals surface area contributed by atoms with E-state index in [9.17, 15) is 18.0 Å². The van der Waals surface area contributed by atoms with Crippen LogP contribution in [0.2, 0.25) is 0 Å². The summed E-state index contributed by atoms with van der Waals surface area (Å²) < 4.78 is 33.0. The van der Waals surface area contributed by atoms with Crippen LogP contribution in [-0.4, -0.2) is 71.3 Å². The van der Waals surface area contributed by atoms with Crippen LogP contribution in [0.3, 0.4) is 0 Å². The largest absolute Gasteiger partial charge is 0.361 e. The number of nitrogens with one attached hydrogen (secondary N) is 2. The van der Waals surface area contributed by atoms with E-state index in [1.807, 2.05) is 0 Å². The minimum atomic E-state index is -3.69. The quantitative estimate of drug-likeness (QED) is 0.242. The molecule has 1 saturated heterocycles. The van der Waals surface area contributed by atoms with Crippen molar-refractivity contribution in [3.63, 3.8) is 0 Å². The third-order valence-electron chi connectivity index (χ3n) is 7.63. The molecule has 13 heteroatoms. The lowest BCUT2D eigenvalue weighted by molar-refractivity contribution is 0.0534. The molecule has 0 radical (unpaired) electrons. The Bertz CT molecular complexity index is 1950. The number of rotatable bonds is 8. The van der Waals surface area contributed by atoms with Gasteiger partial charge in [0.2, 0.25) is 5.95 Å². The lowest BCUT2D eigenvalue weighted by Crippen LogP contribution is -2.50. The third-order valence-corrected chi connectivity index (χ3v) is 9.03. The number of carbonyl (C=O) groups excluding carboxylic acids is 2. The van der Waals surface area contributed by atoms with E-state index >= 15 is 0 Å². The van der Waals surface area contributed by atoms with Gasteiger partial charge in [-0.05, 0) is 68.4 Å². The van der Waals surface area contributed by atoms with Gasteiger partial charge in [-0.1, -0.05) is 35.5 Å². The molecule has 2 N–H and O–H groups in total. The number of carbonyl (C=O) groups is 2. The Balaban J connectivity index is 1.05. The zero-order valence-electron chi connectivity index (χ0n) is 25.2. The van der Waals surface area contributed by atoms with Crippen LogP contribution in [0, 0.1) is 13.8 Å². The monoisotopic (exact) mass is 637 g/mol. The molecule has 0 saturated carbocycles. The first-order chi connectivity index (χ1) is 22.2. The van der Waals surface area contributed by atoms with Crippen molar-refractivity contribution in [3.05, 3.63) is 114 Å². The van der Waals surface area contributed by atoms with Crippen molar-refractivity contribution in [2.75, 3.05) is 36.2 Å². The molecular weight excluding hydrogens is 606 g/mol. The van der Waals surface area contributed by atoms with Crippen molar-refractivity contribution in [1.29, 1.82) is 0 Å². The van der Waals surface area contributed by atoms with Crippen molar-refractivity contribution in [2.24, 2.45) is 0 Å². The summed E-state index contributed by atoms with van der Waals surface area (Å²) in [5, 5.41) is 7.03. The van der Waals surface area contributed by atoms with Gasteiger partial charge in [0.05, 0.1) is 16.3 Å². The molecule has 0 bridgehead atoms. The van der Waals surface area contributed by atoms with Crippen LogP contribution < -0.4 is 10.0 Å². The molecule has 12 nitrogen and oxygen atoms in total. The molecule has 1 aliphatic rings. The van der Waals surface area contributed by atoms with Gasteiger partial charge in [0.1, 0.15) is 11.3 Å². The van der Waals surface area contributed by atoms with Crippen molar-refractivity contribution in [3.8, 4) is 11.3 Å². The fourth-order valence-electron chi connectivity index (χ4n) is 5.17. The lowest BCUT2D eigenvalue weighted by Gasteiger charge is -2.34. The Morgan fingerprint density at radius 2 is 1.41 bits per heavy atom. The van der Waals surface area contributed by atoms with Gasteiger partial charge in [0.15, 0.2) is 0 Å². The average Bonchev–Trinajstić information content (AvgIpc) is 3.42. The first kappa shape index (κ1) is 30.5. The van der Waals surface area contributed by atoms with Crippen LogP contribution in [-0.2, 0) is 10.0 Å². The summed E-state index contributed by atoms with van der Waals surface area (Å²) in [6.45, 7) is 5.16. The van der Waals surface area contributed by atoms with E-state index in [1.54, 1.807) is 103 Å². The van der Waals surface area contributed by atoms with Crippen LogP contribution in [0.5, 0.6) is 0 Å². The van der Waals surface area contributed by atoms with Crippen LogP contribution in [0.25, 0.3) is 11.3 Å². The topological polar surface area (TPSA) is 151 Å². The molecule has 1 fully saturated rings. The van der Waals surface area contributed by atoms with Crippen molar-refractivity contribution in [2.45, 2.75) is 18.7 Å². The second-order valence-electron chi connectivity index (χ2n) is 10.7. The Kier molecular flexibility index (Phi) is 8.49. The lowest BCUT2D eigenvalue weighted by atomic mass is 10.1. The van der Waals surface area contributed by atoms with Crippen LogP contribution in [0.1, 0.15) is 32.2 Å². The smallest absolute Gasteiger partial charge is 0.261 e. The Morgan fingerprint density at radius 3 is 2.04 bits per heavy atom. The van der Waals surface area contributed by atoms with Gasteiger partial charge in [0, 0.05) is 54.9 Å². The molecule has 5 aromatic rings. The molecule has 0 aliphatic carbocycles. The minimum Gasteiger partial charge on any atom is -0.361 e. The number of anilines is 3. The van der Waals surface area contributed by atoms with E-state index in [-0.39, 0.29) is 16.7 Å². The molecule has 3 aromatic carbocycles. The predicted octanol–water partition coefficient (Wildman–Crippen LogP) is 4.89. The standard InChI is InChI=1S/C33H31N7O5S/c1-22-30(23(2)45-37-22)32(42)40-20-18-39(19-21-40)31(41)25-10-12-26(13-11-25)35-33-34-17-16-29(36-33)24-8-14-27(15-9-24)38-46(43,44)28-6-4-3-5-7-28/h3-17,38H,18-21H2,1-2H3,(H,34,35,36). The molecule has 1 aliphatic heterocycles. The Labute approximate surface area is 266 Å². The molecule has 46 heavy (non-hydrogen) atoms. The van der Waals surface area contributed by atoms with Gasteiger partial charge in [0.25, 0.3) is 21.8 Å². The highest BCUT2D eigenvalue weighted by atomic mass is 32.2. The first-order valence-corrected chi connectivity index (χ1v) is 16.1. The number of nitrogens with zero attached hydrogens (tertiary/aromatic N) is 5. The van der Waals surface area contributed by atoms with E-state index < -0.39 is 10.0 Å². The summed E-state index contributed by atoms with van der Waals surface area (Å²) in [6, 6.07) is 23.9. The number of hydrogen-bond donors (Lipinski definition) is 2. The molecule has 2 amide bonds. The molecule has 0 atom stereocenters. The highest BCUT2D eigenvalue weighted by Gasteiger charge is 2.28. The number of benzene rings is 3. The molecule has 6 rings (SSSR count). The fraction of sp³-hybridized carbons (Fsp3) is 0.182. The average molecular weight is 638 g/mol. The highest BCUT2D eigenvalue weighted by Crippen LogP contribution is 2.24. The summed E-state index contributed by atoms with van der Waals surface area (Å²) in [5.41, 5.74) is 4.15. The van der Waals surface area contributed by atoms with E-state index in [2.05, 4.69) is 25.2 Å². The number of piperazine rings is 1. The predicted molar refractivity (Wildman–Crippen MR) is 172 cm³/mol. The maximum Gasteiger partial charge on any atom is 0.261 e. The maximum absolute atomic E-state index is 13.2. The first-order valence-electron chi connectivity index (χ1n) is 14.6. The van der Waals surface area contributed by atoms with Crippen molar-refractivity contribution >= 4 is 39.2 Å². The van der Waals surface area contributed by atoms with Crippen LogP contribution >= 0.6 is 0 Å². The number of aryl methyl sites for hydroxylation is 2. The maximum atomic E-state index is 13.2. The van der Waals surface area contributed by atoms with Crippen molar-refractivity contribution < 1.29 is 22.5 Å². The Morgan fingerprint density at radius 1 is 0.783 bits per heavy atom. The second-order valence-corrected chi connectivity index (χ2v) is 12.4. The normalized spacial score (nSPS) is 13.3. The SMILES string of the molecule is Cc1noc(C)c1C(=O)N1CCN(C(=O)c2ccc(Nc3nccc(-c4ccc(NS(=O)(=O)c5ccccc5)cc4)n3)cc2)CC1. The molecule has 234 valence electrons. The Hall–Kier alpha value is -5.56. The van der Waals surface area contributed by atoms with E-state index in [1.165, 1.54) is 12.1 Å². The molecule has 2 aromatic heterocycles. The van der Waals surface area contributed by atoms with Crippen LogP contribution in [0.15, 0.2) is 101 Å². The third kappa shape index (κ3) is 6.59. The summed E-state index contributed by atoms with van der Waals surface area (Å²) in [4.78, 5) is 38.6. The van der Waals surface area contributed by atoms with E-state index in [0.29, 0.717) is 71.8 Å². The number of aromatic nitrogens is 3. The van der Waals surface area contributed by atoms with Gasteiger partial charge < -0.3 is 19.6 Å². The highest BCUT2D eigenvalue weighted by molar-refractivity contribution is 7.92. The summed E-state index contributed by atoms with van der Waals surface area (Å²) >= 11 is 0. The van der Waals surface area contributed by atoms with Gasteiger partial charge in [-0.3, -0.25) is 14.3 Å². The number of amides is 2. The van der Waals surface area contributed by atoms with Gasteiger partial charge >= 0.3 is 0 Å². The molecule has 3 heterocycles. The van der Waals surface area contributed by atoms with Gasteiger partial charge in [-0.2, -0.15) is 0 Å². The van der Waals surface area contributed by atoms with Gasteiger partial charge in [-0.15, -0.1) is 0 Å².